The third-order valence-corrected chi connectivity index (χ3v) is 4.40. The van der Waals surface area contributed by atoms with E-state index >= 15 is 0 Å². The SMILES string of the molecule is O=C1[C@@H]2C[C@@H]2[C@@H]2C[C@@H]2[C@@H]2C[C@@H]12. The summed E-state index contributed by atoms with van der Waals surface area (Å²) in [5.74, 6) is 5.56. The maximum Gasteiger partial charge on any atom is 0.139 e. The fraction of sp³-hybridized carbons (Fsp3) is 0.900. The summed E-state index contributed by atoms with van der Waals surface area (Å²) in [4.78, 5) is 11.6. The summed E-state index contributed by atoms with van der Waals surface area (Å²) in [5, 5.41) is 0. The smallest absolute Gasteiger partial charge is 0.139 e. The molecule has 4 fully saturated rings. The molecule has 0 aromatic carbocycles. The maximum absolute atomic E-state index is 11.6. The number of hydrogen-bond acceptors (Lipinski definition) is 1. The average Bonchev–Trinajstić information content (AvgIpc) is 2.81. The molecule has 4 rings (SSSR count). The number of rotatable bonds is 0. The first-order chi connectivity index (χ1) is 5.36. The molecule has 58 valence electrons. The van der Waals surface area contributed by atoms with Crippen LogP contribution in [0.25, 0.3) is 0 Å². The average molecular weight is 148 g/mol. The predicted molar refractivity (Wildman–Crippen MR) is 39.8 cm³/mol. The highest BCUT2D eigenvalue weighted by Gasteiger charge is 2.68. The summed E-state index contributed by atoms with van der Waals surface area (Å²) >= 11 is 0. The van der Waals surface area contributed by atoms with Crippen molar-refractivity contribution in [3.05, 3.63) is 0 Å². The number of hydrogen-bond donors (Lipinski definition) is 0. The Morgan fingerprint density at radius 2 is 1.36 bits per heavy atom. The van der Waals surface area contributed by atoms with Crippen molar-refractivity contribution in [1.82, 2.24) is 0 Å². The van der Waals surface area contributed by atoms with Gasteiger partial charge in [-0.2, -0.15) is 0 Å². The van der Waals surface area contributed by atoms with E-state index in [1.807, 2.05) is 0 Å². The molecule has 0 aliphatic heterocycles. The van der Waals surface area contributed by atoms with Crippen molar-refractivity contribution in [2.45, 2.75) is 19.3 Å². The van der Waals surface area contributed by atoms with Gasteiger partial charge in [0, 0.05) is 11.8 Å². The zero-order chi connectivity index (χ0) is 7.16. The van der Waals surface area contributed by atoms with Crippen LogP contribution < -0.4 is 0 Å². The number of fused-ring (bicyclic) bond motifs is 5. The van der Waals surface area contributed by atoms with Gasteiger partial charge in [-0.15, -0.1) is 0 Å². The van der Waals surface area contributed by atoms with E-state index in [0.29, 0.717) is 17.6 Å². The van der Waals surface area contributed by atoms with Crippen molar-refractivity contribution in [1.29, 1.82) is 0 Å². The maximum atomic E-state index is 11.6. The Morgan fingerprint density at radius 3 is 1.91 bits per heavy atom. The standard InChI is InChI=1S/C10H12O/c11-10-8-2-6(8)4-1-5(4)7-3-9(7)10/h4-9H,1-3H2/t4-,5+,6-,7+,8-,9-/m1/s1. The minimum atomic E-state index is 0.558. The Balaban J connectivity index is 1.77. The van der Waals surface area contributed by atoms with Crippen LogP contribution in [-0.4, -0.2) is 5.78 Å². The van der Waals surface area contributed by atoms with Crippen molar-refractivity contribution in [2.24, 2.45) is 35.5 Å². The zero-order valence-electron chi connectivity index (χ0n) is 6.49. The topological polar surface area (TPSA) is 17.1 Å². The Hall–Kier alpha value is -0.330. The second kappa shape index (κ2) is 1.30. The van der Waals surface area contributed by atoms with Gasteiger partial charge in [0.1, 0.15) is 5.78 Å². The molecule has 0 N–H and O–H groups in total. The van der Waals surface area contributed by atoms with Crippen LogP contribution in [0.2, 0.25) is 0 Å². The summed E-state index contributed by atoms with van der Waals surface area (Å²) in [6, 6.07) is 0. The monoisotopic (exact) mass is 148 g/mol. The summed E-state index contributed by atoms with van der Waals surface area (Å²) < 4.78 is 0. The molecule has 0 bridgehead atoms. The lowest BCUT2D eigenvalue weighted by molar-refractivity contribution is -0.121. The fourth-order valence-electron chi connectivity index (χ4n) is 3.53. The molecule has 0 spiro atoms. The number of ketones is 1. The Labute approximate surface area is 66.2 Å². The van der Waals surface area contributed by atoms with E-state index in [9.17, 15) is 4.79 Å². The van der Waals surface area contributed by atoms with Gasteiger partial charge in [0.15, 0.2) is 0 Å². The molecular weight excluding hydrogens is 136 g/mol. The van der Waals surface area contributed by atoms with Gasteiger partial charge in [-0.05, 0) is 42.9 Å². The van der Waals surface area contributed by atoms with Gasteiger partial charge in [-0.3, -0.25) is 4.79 Å². The minimum Gasteiger partial charge on any atom is -0.299 e. The van der Waals surface area contributed by atoms with Crippen molar-refractivity contribution < 1.29 is 4.79 Å². The van der Waals surface area contributed by atoms with Crippen molar-refractivity contribution in [3.63, 3.8) is 0 Å². The first kappa shape index (κ1) is 5.34. The van der Waals surface area contributed by atoms with Gasteiger partial charge in [-0.25, -0.2) is 0 Å². The van der Waals surface area contributed by atoms with E-state index in [-0.39, 0.29) is 0 Å². The lowest BCUT2D eigenvalue weighted by Crippen LogP contribution is -2.05. The third-order valence-electron chi connectivity index (χ3n) is 4.40. The molecular formula is C10H12O. The Morgan fingerprint density at radius 1 is 0.818 bits per heavy atom. The zero-order valence-corrected chi connectivity index (χ0v) is 6.49. The molecule has 4 aliphatic rings. The third kappa shape index (κ3) is 0.502. The van der Waals surface area contributed by atoms with Crippen LogP contribution >= 0.6 is 0 Å². The Bertz CT molecular complexity index is 234. The number of carbonyl (C=O) groups is 1. The summed E-state index contributed by atoms with van der Waals surface area (Å²) in [5.41, 5.74) is 0. The normalized spacial score (nSPS) is 68.9. The molecule has 0 amide bonds. The largest absolute Gasteiger partial charge is 0.299 e. The molecule has 4 saturated carbocycles. The van der Waals surface area contributed by atoms with E-state index in [1.54, 1.807) is 0 Å². The van der Waals surface area contributed by atoms with Crippen LogP contribution in [0.15, 0.2) is 0 Å². The highest BCUT2D eigenvalue weighted by molar-refractivity contribution is 5.89. The molecule has 11 heavy (non-hydrogen) atoms. The highest BCUT2D eigenvalue weighted by atomic mass is 16.1. The van der Waals surface area contributed by atoms with E-state index in [4.69, 9.17) is 0 Å². The minimum absolute atomic E-state index is 0.558. The van der Waals surface area contributed by atoms with Gasteiger partial charge in [0.05, 0.1) is 0 Å². The summed E-state index contributed by atoms with van der Waals surface area (Å²) in [7, 11) is 0. The Kier molecular flexibility index (Phi) is 0.630. The van der Waals surface area contributed by atoms with Crippen molar-refractivity contribution in [2.75, 3.05) is 0 Å². The van der Waals surface area contributed by atoms with Gasteiger partial charge < -0.3 is 0 Å². The van der Waals surface area contributed by atoms with Crippen LogP contribution in [0.3, 0.4) is 0 Å². The second-order valence-corrected chi connectivity index (χ2v) is 4.98. The first-order valence-corrected chi connectivity index (χ1v) is 4.90. The predicted octanol–water partition coefficient (Wildman–Crippen LogP) is 1.48. The molecule has 0 saturated heterocycles. The lowest BCUT2D eigenvalue weighted by atomic mass is 10.1. The first-order valence-electron chi connectivity index (χ1n) is 4.90. The molecule has 0 aromatic rings. The summed E-state index contributed by atoms with van der Waals surface area (Å²) in [6.45, 7) is 0. The molecule has 0 radical (unpaired) electrons. The van der Waals surface area contributed by atoms with E-state index in [1.165, 1.54) is 19.3 Å². The fourth-order valence-corrected chi connectivity index (χ4v) is 3.53. The summed E-state index contributed by atoms with van der Waals surface area (Å²) in [6.07, 6.45) is 4.02. The van der Waals surface area contributed by atoms with Gasteiger partial charge in [0.25, 0.3) is 0 Å². The molecule has 4 aliphatic carbocycles. The molecule has 1 nitrogen and oxygen atoms in total. The molecule has 0 aromatic heterocycles. The number of carbonyl (C=O) groups excluding carboxylic acids is 1. The molecule has 0 unspecified atom stereocenters. The lowest BCUT2D eigenvalue weighted by Gasteiger charge is -1.92. The van der Waals surface area contributed by atoms with Crippen LogP contribution in [0.5, 0.6) is 0 Å². The second-order valence-electron chi connectivity index (χ2n) is 4.98. The van der Waals surface area contributed by atoms with Gasteiger partial charge in [-0.1, -0.05) is 0 Å². The molecule has 0 heterocycles. The quantitative estimate of drug-likeness (QED) is 0.508. The van der Waals surface area contributed by atoms with Crippen LogP contribution in [-0.2, 0) is 4.79 Å². The van der Waals surface area contributed by atoms with Crippen molar-refractivity contribution in [3.8, 4) is 0 Å². The van der Waals surface area contributed by atoms with E-state index in [0.717, 1.165) is 23.7 Å². The van der Waals surface area contributed by atoms with Crippen LogP contribution in [0.1, 0.15) is 19.3 Å². The number of Topliss-reactive ketones (excluding diaryl/α,β-unsaturated/α-hetero) is 1. The van der Waals surface area contributed by atoms with E-state index < -0.39 is 0 Å². The van der Waals surface area contributed by atoms with Gasteiger partial charge >= 0.3 is 0 Å². The van der Waals surface area contributed by atoms with Crippen LogP contribution in [0.4, 0.5) is 0 Å². The molecule has 1 heteroatoms. The van der Waals surface area contributed by atoms with E-state index in [2.05, 4.69) is 0 Å². The van der Waals surface area contributed by atoms with Crippen molar-refractivity contribution >= 4 is 5.78 Å². The van der Waals surface area contributed by atoms with Crippen LogP contribution in [0, 0.1) is 35.5 Å². The highest BCUT2D eigenvalue weighted by Crippen LogP contribution is 2.71. The molecule has 6 atom stereocenters. The van der Waals surface area contributed by atoms with Gasteiger partial charge in [0.2, 0.25) is 0 Å².